The van der Waals surface area contributed by atoms with E-state index >= 15 is 0 Å². The molecule has 0 aromatic heterocycles. The molecule has 5 nitrogen and oxygen atoms in total. The van der Waals surface area contributed by atoms with Gasteiger partial charge in [-0.2, -0.15) is 0 Å². The monoisotopic (exact) mass is 351 g/mol. The van der Waals surface area contributed by atoms with Gasteiger partial charge in [0.2, 0.25) is 0 Å². The fraction of sp³-hybridized carbons (Fsp3) is 0.238. The van der Waals surface area contributed by atoms with E-state index in [-0.39, 0.29) is 13.2 Å². The zero-order valence-electron chi connectivity index (χ0n) is 14.8. The van der Waals surface area contributed by atoms with Gasteiger partial charge >= 0.3 is 12.1 Å². The molecule has 134 valence electrons. The molecular formula is C21H21NO4. The van der Waals surface area contributed by atoms with Gasteiger partial charge in [0.25, 0.3) is 0 Å². The van der Waals surface area contributed by atoms with E-state index in [1.54, 1.807) is 38.1 Å². The Labute approximate surface area is 153 Å². The lowest BCUT2D eigenvalue weighted by Crippen LogP contribution is -2.28. The molecule has 0 spiro atoms. The van der Waals surface area contributed by atoms with E-state index < -0.39 is 17.5 Å². The van der Waals surface area contributed by atoms with Crippen LogP contribution < -0.4 is 5.32 Å². The Morgan fingerprint density at radius 3 is 2.35 bits per heavy atom. The second kappa shape index (κ2) is 8.72. The van der Waals surface area contributed by atoms with Crippen molar-refractivity contribution in [3.63, 3.8) is 0 Å². The molecular weight excluding hydrogens is 330 g/mol. The number of rotatable bonds is 5. The molecule has 0 aliphatic carbocycles. The first-order valence-corrected chi connectivity index (χ1v) is 8.17. The van der Waals surface area contributed by atoms with Gasteiger partial charge in [-0.3, -0.25) is 4.79 Å². The highest BCUT2D eigenvalue weighted by molar-refractivity contribution is 5.80. The van der Waals surface area contributed by atoms with Crippen LogP contribution >= 0.6 is 0 Å². The zero-order valence-corrected chi connectivity index (χ0v) is 14.8. The number of carboxylic acid groups (broad SMARTS) is 1. The largest absolute Gasteiger partial charge is 0.481 e. The summed E-state index contributed by atoms with van der Waals surface area (Å²) in [7, 11) is 0. The molecule has 2 aromatic rings. The number of carbonyl (C=O) groups is 2. The SMILES string of the molecule is CC(C)(C(=O)O)c1ccc(C#CCNC(=O)OCc2ccccc2)cc1. The van der Waals surface area contributed by atoms with E-state index in [0.717, 1.165) is 11.1 Å². The summed E-state index contributed by atoms with van der Waals surface area (Å²) in [5.41, 5.74) is 1.42. The Hall–Kier alpha value is -3.26. The van der Waals surface area contributed by atoms with Gasteiger partial charge in [-0.15, -0.1) is 0 Å². The highest BCUT2D eigenvalue weighted by Gasteiger charge is 2.28. The average molecular weight is 351 g/mol. The predicted octanol–water partition coefficient (Wildman–Crippen LogP) is 3.33. The van der Waals surface area contributed by atoms with E-state index in [1.165, 1.54) is 0 Å². The lowest BCUT2D eigenvalue weighted by Gasteiger charge is -2.19. The molecule has 0 heterocycles. The van der Waals surface area contributed by atoms with Crippen LogP contribution in [0.25, 0.3) is 0 Å². The van der Waals surface area contributed by atoms with Crippen molar-refractivity contribution in [3.05, 3.63) is 71.3 Å². The van der Waals surface area contributed by atoms with Crippen molar-refractivity contribution in [2.45, 2.75) is 25.9 Å². The van der Waals surface area contributed by atoms with Crippen molar-refractivity contribution in [1.29, 1.82) is 0 Å². The molecule has 0 bridgehead atoms. The number of ether oxygens (including phenoxy) is 1. The van der Waals surface area contributed by atoms with Crippen molar-refractivity contribution in [1.82, 2.24) is 5.32 Å². The van der Waals surface area contributed by atoms with Crippen molar-refractivity contribution >= 4 is 12.1 Å². The summed E-state index contributed by atoms with van der Waals surface area (Å²) in [6.45, 7) is 3.68. The second-order valence-electron chi connectivity index (χ2n) is 6.22. The van der Waals surface area contributed by atoms with E-state index in [1.807, 2.05) is 30.3 Å². The topological polar surface area (TPSA) is 75.6 Å². The summed E-state index contributed by atoms with van der Waals surface area (Å²) in [4.78, 5) is 22.8. The fourth-order valence-corrected chi connectivity index (χ4v) is 2.13. The van der Waals surface area contributed by atoms with Crippen LogP contribution in [-0.4, -0.2) is 23.7 Å². The quantitative estimate of drug-likeness (QED) is 0.810. The van der Waals surface area contributed by atoms with Gasteiger partial charge in [-0.25, -0.2) is 4.79 Å². The van der Waals surface area contributed by atoms with Crippen molar-refractivity contribution in [3.8, 4) is 11.8 Å². The predicted molar refractivity (Wildman–Crippen MR) is 98.6 cm³/mol. The van der Waals surface area contributed by atoms with Crippen LogP contribution in [0.3, 0.4) is 0 Å². The van der Waals surface area contributed by atoms with E-state index in [4.69, 9.17) is 4.74 Å². The lowest BCUT2D eigenvalue weighted by molar-refractivity contribution is -0.142. The van der Waals surface area contributed by atoms with Crippen LogP contribution in [0.1, 0.15) is 30.5 Å². The normalized spacial score (nSPS) is 10.4. The maximum Gasteiger partial charge on any atom is 0.408 e. The minimum absolute atomic E-state index is 0.163. The standard InChI is InChI=1S/C21H21NO4/c1-21(2,19(23)24)18-12-10-16(11-13-18)9-6-14-22-20(25)26-15-17-7-4-3-5-8-17/h3-5,7-8,10-13H,14-15H2,1-2H3,(H,22,25)(H,23,24). The summed E-state index contributed by atoms with van der Waals surface area (Å²) >= 11 is 0. The number of alkyl carbamates (subject to hydrolysis) is 1. The molecule has 0 atom stereocenters. The third kappa shape index (κ3) is 5.38. The Morgan fingerprint density at radius 1 is 1.08 bits per heavy atom. The molecule has 2 rings (SSSR count). The first-order chi connectivity index (χ1) is 12.4. The van der Waals surface area contributed by atoms with Crippen LogP contribution in [0.2, 0.25) is 0 Å². The molecule has 0 radical (unpaired) electrons. The Morgan fingerprint density at radius 2 is 1.73 bits per heavy atom. The summed E-state index contributed by atoms with van der Waals surface area (Å²) in [5.74, 6) is 4.87. The minimum atomic E-state index is -0.948. The molecule has 0 saturated carbocycles. The van der Waals surface area contributed by atoms with Crippen LogP contribution in [-0.2, 0) is 21.6 Å². The molecule has 2 aromatic carbocycles. The number of benzene rings is 2. The van der Waals surface area contributed by atoms with E-state index in [9.17, 15) is 14.7 Å². The summed E-state index contributed by atoms with van der Waals surface area (Å²) in [5, 5.41) is 11.8. The maximum absolute atomic E-state index is 11.6. The number of amides is 1. The van der Waals surface area contributed by atoms with Crippen molar-refractivity contribution < 1.29 is 19.4 Å². The van der Waals surface area contributed by atoms with Gasteiger partial charge in [0.05, 0.1) is 12.0 Å². The Bertz CT molecular complexity index is 815. The van der Waals surface area contributed by atoms with Crippen LogP contribution in [0.4, 0.5) is 4.79 Å². The van der Waals surface area contributed by atoms with Gasteiger partial charge in [0.1, 0.15) is 6.61 Å². The first kappa shape index (κ1) is 19.1. The smallest absolute Gasteiger partial charge is 0.408 e. The molecule has 0 unspecified atom stereocenters. The van der Waals surface area contributed by atoms with Crippen LogP contribution in [0, 0.1) is 11.8 Å². The van der Waals surface area contributed by atoms with Crippen molar-refractivity contribution in [2.24, 2.45) is 0 Å². The number of hydrogen-bond donors (Lipinski definition) is 2. The summed E-state index contributed by atoms with van der Waals surface area (Å²) < 4.78 is 5.08. The third-order valence-electron chi connectivity index (χ3n) is 3.91. The molecule has 2 N–H and O–H groups in total. The maximum atomic E-state index is 11.6. The minimum Gasteiger partial charge on any atom is -0.481 e. The zero-order chi connectivity index (χ0) is 19.0. The number of carboxylic acids is 1. The molecule has 0 fully saturated rings. The number of carbonyl (C=O) groups excluding carboxylic acids is 1. The highest BCUT2D eigenvalue weighted by Crippen LogP contribution is 2.23. The highest BCUT2D eigenvalue weighted by atomic mass is 16.5. The van der Waals surface area contributed by atoms with E-state index in [2.05, 4.69) is 17.2 Å². The van der Waals surface area contributed by atoms with Gasteiger partial charge < -0.3 is 15.2 Å². The molecule has 0 aliphatic rings. The molecule has 0 saturated heterocycles. The third-order valence-corrected chi connectivity index (χ3v) is 3.91. The number of aliphatic carboxylic acids is 1. The Balaban J connectivity index is 1.81. The summed E-state index contributed by atoms with van der Waals surface area (Å²) in [6.07, 6.45) is -0.526. The molecule has 1 amide bonds. The fourth-order valence-electron chi connectivity index (χ4n) is 2.13. The van der Waals surface area contributed by atoms with Gasteiger partial charge in [-0.1, -0.05) is 54.3 Å². The number of nitrogens with one attached hydrogen (secondary N) is 1. The molecule has 5 heteroatoms. The van der Waals surface area contributed by atoms with Crippen molar-refractivity contribution in [2.75, 3.05) is 6.54 Å². The van der Waals surface area contributed by atoms with Crippen LogP contribution in [0.15, 0.2) is 54.6 Å². The van der Waals surface area contributed by atoms with Gasteiger partial charge in [0, 0.05) is 5.56 Å². The second-order valence-corrected chi connectivity index (χ2v) is 6.22. The molecule has 0 aliphatic heterocycles. The van der Waals surface area contributed by atoms with Gasteiger partial charge in [-0.05, 0) is 37.1 Å². The molecule has 26 heavy (non-hydrogen) atoms. The summed E-state index contributed by atoms with van der Waals surface area (Å²) in [6, 6.07) is 16.4. The number of hydrogen-bond acceptors (Lipinski definition) is 3. The van der Waals surface area contributed by atoms with Crippen LogP contribution in [0.5, 0.6) is 0 Å². The Kier molecular flexibility index (Phi) is 6.40. The average Bonchev–Trinajstić information content (AvgIpc) is 2.64. The van der Waals surface area contributed by atoms with E-state index in [0.29, 0.717) is 5.56 Å². The lowest BCUT2D eigenvalue weighted by atomic mass is 9.84. The first-order valence-electron chi connectivity index (χ1n) is 8.17. The van der Waals surface area contributed by atoms with Gasteiger partial charge in [0.15, 0.2) is 0 Å².